The summed E-state index contributed by atoms with van der Waals surface area (Å²) in [5, 5.41) is 0. The first-order chi connectivity index (χ1) is 10.4. The van der Waals surface area contributed by atoms with E-state index in [1.807, 2.05) is 20.8 Å². The molecule has 0 amide bonds. The average Bonchev–Trinajstić information content (AvgIpc) is 2.50. The highest BCUT2D eigenvalue weighted by atomic mass is 31.2. The molecule has 1 fully saturated rings. The summed E-state index contributed by atoms with van der Waals surface area (Å²) in [4.78, 5) is 0. The summed E-state index contributed by atoms with van der Waals surface area (Å²) in [6.07, 6.45) is 2.94. The molecule has 7 nitrogen and oxygen atoms in total. The van der Waals surface area contributed by atoms with Crippen molar-refractivity contribution in [3.8, 4) is 0 Å². The van der Waals surface area contributed by atoms with E-state index in [0.717, 1.165) is 25.7 Å². The van der Waals surface area contributed by atoms with Gasteiger partial charge in [-0.1, -0.05) is 33.6 Å². The minimum atomic E-state index is -3.66. The third-order valence-electron chi connectivity index (χ3n) is 2.98. The predicted molar refractivity (Wildman–Crippen MR) is 84.0 cm³/mol. The molecule has 132 valence electrons. The lowest BCUT2D eigenvalue weighted by atomic mass is 10.2. The Kier molecular flexibility index (Phi) is 9.41. The molecule has 0 saturated carbocycles. The van der Waals surface area contributed by atoms with Crippen LogP contribution in [0.15, 0.2) is 0 Å². The number of rotatable bonds is 11. The Morgan fingerprint density at radius 2 is 1.59 bits per heavy atom. The van der Waals surface area contributed by atoms with Crippen LogP contribution in [0.1, 0.15) is 46.5 Å². The molecular formula is C13H28O7P2. The fourth-order valence-electron chi connectivity index (χ4n) is 1.55. The van der Waals surface area contributed by atoms with E-state index in [2.05, 4.69) is 0 Å². The van der Waals surface area contributed by atoms with Gasteiger partial charge in [-0.3, -0.25) is 18.1 Å². The molecule has 0 N–H and O–H groups in total. The highest BCUT2D eigenvalue weighted by Gasteiger charge is 2.37. The van der Waals surface area contributed by atoms with Gasteiger partial charge in [0.1, 0.15) is 0 Å². The largest absolute Gasteiger partial charge is 0.475 e. The van der Waals surface area contributed by atoms with Crippen molar-refractivity contribution < 1.29 is 31.7 Å². The molecule has 0 atom stereocenters. The smallest absolute Gasteiger partial charge is 0.307 e. The zero-order valence-electron chi connectivity index (χ0n) is 13.7. The van der Waals surface area contributed by atoms with Crippen LogP contribution in [0.2, 0.25) is 0 Å². The molecule has 22 heavy (non-hydrogen) atoms. The lowest BCUT2D eigenvalue weighted by molar-refractivity contribution is 0.0475. The molecule has 1 saturated heterocycles. The van der Waals surface area contributed by atoms with Crippen molar-refractivity contribution in [1.82, 2.24) is 0 Å². The Hall–Kier alpha value is 0.260. The highest BCUT2D eigenvalue weighted by molar-refractivity contribution is 7.55. The summed E-state index contributed by atoms with van der Waals surface area (Å²) in [5.74, 6) is 0.152. The maximum Gasteiger partial charge on any atom is 0.475 e. The number of unbranched alkanes of at least 4 members (excludes halogenated alkanes) is 2. The van der Waals surface area contributed by atoms with Crippen LogP contribution in [-0.2, 0) is 31.7 Å². The Labute approximate surface area is 133 Å². The third-order valence-corrected chi connectivity index (χ3v) is 6.16. The molecule has 1 aliphatic heterocycles. The van der Waals surface area contributed by atoms with Crippen LogP contribution in [0.5, 0.6) is 0 Å². The van der Waals surface area contributed by atoms with E-state index in [1.54, 1.807) is 0 Å². The second-order valence-corrected chi connectivity index (χ2v) is 9.05. The molecule has 0 bridgehead atoms. The van der Waals surface area contributed by atoms with Crippen molar-refractivity contribution in [2.24, 2.45) is 5.92 Å². The van der Waals surface area contributed by atoms with Gasteiger partial charge in [0.15, 0.2) is 6.35 Å². The molecule has 0 aromatic heterocycles. The molecule has 0 aromatic carbocycles. The van der Waals surface area contributed by atoms with Gasteiger partial charge in [0, 0.05) is 5.92 Å². The quantitative estimate of drug-likeness (QED) is 0.395. The predicted octanol–water partition coefficient (Wildman–Crippen LogP) is 4.58. The maximum absolute atomic E-state index is 12.6. The van der Waals surface area contributed by atoms with Crippen LogP contribution in [0.4, 0.5) is 0 Å². The first-order valence-electron chi connectivity index (χ1n) is 7.85. The SMILES string of the molecule is CCCCOP(=O)(COP1(=O)OCC(C)CO1)OCCCC. The zero-order valence-corrected chi connectivity index (χ0v) is 15.5. The first kappa shape index (κ1) is 20.3. The highest BCUT2D eigenvalue weighted by Crippen LogP contribution is 2.58. The summed E-state index contributed by atoms with van der Waals surface area (Å²) in [5.41, 5.74) is 0. The summed E-state index contributed by atoms with van der Waals surface area (Å²) in [7, 11) is -7.12. The van der Waals surface area contributed by atoms with E-state index in [-0.39, 0.29) is 19.1 Å². The van der Waals surface area contributed by atoms with E-state index < -0.39 is 21.8 Å². The van der Waals surface area contributed by atoms with Gasteiger partial charge < -0.3 is 9.05 Å². The molecule has 1 aliphatic rings. The Morgan fingerprint density at radius 1 is 1.09 bits per heavy atom. The maximum atomic E-state index is 12.6. The van der Waals surface area contributed by atoms with Crippen molar-refractivity contribution in [1.29, 1.82) is 0 Å². The minimum absolute atomic E-state index is 0.152. The van der Waals surface area contributed by atoms with Gasteiger partial charge in [-0.25, -0.2) is 4.57 Å². The standard InChI is InChI=1S/C13H28O7P2/c1-4-6-8-16-21(14,17-9-7-5-2)12-20-22(15)18-10-13(3)11-19-22/h13H,4-12H2,1-3H3. The molecule has 0 spiro atoms. The Morgan fingerprint density at radius 3 is 2.05 bits per heavy atom. The van der Waals surface area contributed by atoms with E-state index in [0.29, 0.717) is 13.2 Å². The lowest BCUT2D eigenvalue weighted by Crippen LogP contribution is -2.19. The molecule has 0 unspecified atom stereocenters. The van der Waals surface area contributed by atoms with E-state index in [4.69, 9.17) is 22.6 Å². The average molecular weight is 358 g/mol. The van der Waals surface area contributed by atoms with Crippen LogP contribution in [-0.4, -0.2) is 32.8 Å². The molecule has 0 radical (unpaired) electrons. The van der Waals surface area contributed by atoms with Crippen LogP contribution in [0.3, 0.4) is 0 Å². The molecule has 1 heterocycles. The third kappa shape index (κ3) is 7.69. The van der Waals surface area contributed by atoms with Crippen molar-refractivity contribution >= 4 is 15.4 Å². The first-order valence-corrected chi connectivity index (χ1v) is 11.0. The van der Waals surface area contributed by atoms with Gasteiger partial charge >= 0.3 is 15.4 Å². The number of phosphoric acid groups is 1. The summed E-state index contributed by atoms with van der Waals surface area (Å²) >= 11 is 0. The summed E-state index contributed by atoms with van der Waals surface area (Å²) in [6.45, 7) is 7.12. The van der Waals surface area contributed by atoms with Crippen molar-refractivity contribution in [3.05, 3.63) is 0 Å². The number of phosphoric ester groups is 1. The van der Waals surface area contributed by atoms with Crippen molar-refractivity contribution in [3.63, 3.8) is 0 Å². The van der Waals surface area contributed by atoms with Crippen molar-refractivity contribution in [2.45, 2.75) is 46.5 Å². The van der Waals surface area contributed by atoms with Gasteiger partial charge in [-0.2, -0.15) is 0 Å². The Bertz CT molecular complexity index is 376. The van der Waals surface area contributed by atoms with E-state index in [9.17, 15) is 9.13 Å². The molecular weight excluding hydrogens is 330 g/mol. The van der Waals surface area contributed by atoms with Crippen LogP contribution >= 0.6 is 15.4 Å². The van der Waals surface area contributed by atoms with Crippen LogP contribution < -0.4 is 0 Å². The van der Waals surface area contributed by atoms with Gasteiger partial charge in [0.05, 0.1) is 26.4 Å². The van der Waals surface area contributed by atoms with E-state index in [1.165, 1.54) is 0 Å². The molecule has 9 heteroatoms. The molecule has 0 aromatic rings. The zero-order chi connectivity index (χ0) is 16.5. The summed E-state index contributed by atoms with van der Waals surface area (Å²) < 4.78 is 50.8. The Balaban J connectivity index is 2.51. The normalized spacial score (nSPS) is 26.2. The van der Waals surface area contributed by atoms with Gasteiger partial charge in [-0.05, 0) is 12.8 Å². The summed E-state index contributed by atoms with van der Waals surface area (Å²) in [6, 6.07) is 0. The second kappa shape index (κ2) is 10.2. The number of hydrogen-bond acceptors (Lipinski definition) is 7. The fraction of sp³-hybridized carbons (Fsp3) is 1.00. The monoisotopic (exact) mass is 358 g/mol. The molecule has 1 rings (SSSR count). The van der Waals surface area contributed by atoms with Gasteiger partial charge in [0.25, 0.3) is 0 Å². The molecule has 0 aliphatic carbocycles. The second-order valence-electron chi connectivity index (χ2n) is 5.39. The minimum Gasteiger partial charge on any atom is -0.307 e. The van der Waals surface area contributed by atoms with E-state index >= 15 is 0 Å². The lowest BCUT2D eigenvalue weighted by Gasteiger charge is -2.27. The van der Waals surface area contributed by atoms with Gasteiger partial charge in [-0.15, -0.1) is 0 Å². The van der Waals surface area contributed by atoms with Crippen LogP contribution in [0.25, 0.3) is 0 Å². The van der Waals surface area contributed by atoms with Crippen molar-refractivity contribution in [2.75, 3.05) is 32.8 Å². The van der Waals surface area contributed by atoms with Gasteiger partial charge in [0.2, 0.25) is 0 Å². The topological polar surface area (TPSA) is 80.3 Å². The number of hydrogen-bond donors (Lipinski definition) is 0. The van der Waals surface area contributed by atoms with Crippen LogP contribution in [0, 0.1) is 5.92 Å². The fourth-order valence-corrected chi connectivity index (χ4v) is 4.81.